The van der Waals surface area contributed by atoms with Crippen molar-refractivity contribution in [2.45, 2.75) is 26.8 Å². The predicted molar refractivity (Wildman–Crippen MR) is 69.9 cm³/mol. The molecule has 18 heavy (non-hydrogen) atoms. The third kappa shape index (κ3) is 2.59. The molecule has 2 rings (SSSR count). The van der Waals surface area contributed by atoms with Gasteiger partial charge in [0.05, 0.1) is 10.7 Å². The monoisotopic (exact) mass is 263 g/mol. The summed E-state index contributed by atoms with van der Waals surface area (Å²) in [5.74, 6) is 0.0190. The van der Waals surface area contributed by atoms with Crippen LogP contribution in [-0.4, -0.2) is 20.5 Å². The number of hydrogen-bond donors (Lipinski definition) is 0. The lowest BCUT2D eigenvalue weighted by Gasteiger charge is -2.05. The molecule has 0 bridgehead atoms. The van der Waals surface area contributed by atoms with Crippen LogP contribution in [0.25, 0.3) is 0 Å². The first-order valence-corrected chi connectivity index (χ1v) is 6.15. The van der Waals surface area contributed by atoms with Crippen LogP contribution in [0, 0.1) is 6.92 Å². The van der Waals surface area contributed by atoms with Gasteiger partial charge in [0.1, 0.15) is 5.69 Å². The molecule has 0 aliphatic rings. The average Bonchev–Trinajstić information content (AvgIpc) is 2.73. The first-order valence-electron chi connectivity index (χ1n) is 5.78. The molecule has 0 spiro atoms. The Bertz CT molecular complexity index is 577. The fourth-order valence-corrected chi connectivity index (χ4v) is 2.01. The smallest absolute Gasteiger partial charge is 0.185 e. The number of rotatable bonds is 4. The van der Waals surface area contributed by atoms with E-state index in [2.05, 4.69) is 10.1 Å². The van der Waals surface area contributed by atoms with E-state index in [-0.39, 0.29) is 12.2 Å². The number of nitrogens with zero attached hydrogens (tertiary/aromatic N) is 3. The summed E-state index contributed by atoms with van der Waals surface area (Å²) in [6.07, 6.45) is 3.45. The van der Waals surface area contributed by atoms with Crippen molar-refractivity contribution in [1.82, 2.24) is 14.8 Å². The fraction of sp³-hybridized carbons (Fsp3) is 0.308. The van der Waals surface area contributed by atoms with Crippen LogP contribution in [0.15, 0.2) is 24.5 Å². The van der Waals surface area contributed by atoms with Crippen molar-refractivity contribution in [3.05, 3.63) is 46.5 Å². The average molecular weight is 264 g/mol. The van der Waals surface area contributed by atoms with Gasteiger partial charge in [0.2, 0.25) is 0 Å². The topological polar surface area (TPSA) is 47.8 Å². The minimum Gasteiger partial charge on any atom is -0.292 e. The number of aromatic nitrogens is 3. The molecule has 0 aliphatic heterocycles. The minimum absolute atomic E-state index is 0.0190. The summed E-state index contributed by atoms with van der Waals surface area (Å²) in [6, 6.07) is 3.57. The van der Waals surface area contributed by atoms with Crippen LogP contribution in [0.2, 0.25) is 5.02 Å². The molecule has 0 saturated heterocycles. The highest BCUT2D eigenvalue weighted by Gasteiger charge is 2.14. The number of carbonyl (C=O) groups is 1. The van der Waals surface area contributed by atoms with Crippen LogP contribution in [0.4, 0.5) is 0 Å². The van der Waals surface area contributed by atoms with Gasteiger partial charge in [-0.3, -0.25) is 14.5 Å². The Morgan fingerprint density at radius 3 is 2.94 bits per heavy atom. The highest BCUT2D eigenvalue weighted by Crippen LogP contribution is 2.16. The molecule has 0 aromatic carbocycles. The van der Waals surface area contributed by atoms with Crippen LogP contribution in [0.3, 0.4) is 0 Å². The van der Waals surface area contributed by atoms with E-state index in [9.17, 15) is 4.79 Å². The Hall–Kier alpha value is -1.68. The SMILES string of the molecule is CCn1nc(C)cc1C(=O)Cc1ccncc1Cl. The van der Waals surface area contributed by atoms with Gasteiger partial charge in [0.15, 0.2) is 5.78 Å². The molecule has 0 fully saturated rings. The summed E-state index contributed by atoms with van der Waals surface area (Å²) < 4.78 is 1.72. The summed E-state index contributed by atoms with van der Waals surface area (Å²) in [5.41, 5.74) is 2.27. The minimum atomic E-state index is 0.0190. The van der Waals surface area contributed by atoms with Gasteiger partial charge < -0.3 is 0 Å². The second-order valence-corrected chi connectivity index (χ2v) is 4.46. The van der Waals surface area contributed by atoms with Gasteiger partial charge in [-0.2, -0.15) is 5.10 Å². The van der Waals surface area contributed by atoms with Crippen molar-refractivity contribution in [2.75, 3.05) is 0 Å². The number of Topliss-reactive ketones (excluding diaryl/α,β-unsaturated/α-hetero) is 1. The van der Waals surface area contributed by atoms with E-state index in [1.807, 2.05) is 13.8 Å². The van der Waals surface area contributed by atoms with Crippen LogP contribution < -0.4 is 0 Å². The second-order valence-electron chi connectivity index (χ2n) is 4.05. The number of halogens is 1. The van der Waals surface area contributed by atoms with E-state index in [0.29, 0.717) is 17.3 Å². The third-order valence-corrected chi connectivity index (χ3v) is 3.04. The lowest BCUT2D eigenvalue weighted by molar-refractivity contribution is 0.0983. The molecule has 2 aromatic rings. The van der Waals surface area contributed by atoms with E-state index >= 15 is 0 Å². The maximum Gasteiger partial charge on any atom is 0.185 e. The van der Waals surface area contributed by atoms with Crippen molar-refractivity contribution in [1.29, 1.82) is 0 Å². The van der Waals surface area contributed by atoms with E-state index in [1.54, 1.807) is 29.2 Å². The molecule has 4 nitrogen and oxygen atoms in total. The summed E-state index contributed by atoms with van der Waals surface area (Å²) in [4.78, 5) is 16.1. The van der Waals surface area contributed by atoms with E-state index in [4.69, 9.17) is 11.6 Å². The lowest BCUT2D eigenvalue weighted by Crippen LogP contribution is -2.12. The van der Waals surface area contributed by atoms with Gasteiger partial charge in [-0.1, -0.05) is 11.6 Å². The van der Waals surface area contributed by atoms with Crippen molar-refractivity contribution < 1.29 is 4.79 Å². The number of carbonyl (C=O) groups excluding carboxylic acids is 1. The zero-order valence-electron chi connectivity index (χ0n) is 10.4. The Labute approximate surface area is 111 Å². The highest BCUT2D eigenvalue weighted by molar-refractivity contribution is 6.31. The molecule has 94 valence electrons. The Balaban J connectivity index is 2.25. The van der Waals surface area contributed by atoms with Gasteiger partial charge in [0, 0.05) is 25.4 Å². The number of hydrogen-bond acceptors (Lipinski definition) is 3. The predicted octanol–water partition coefficient (Wildman–Crippen LogP) is 2.69. The molecule has 2 heterocycles. The maximum atomic E-state index is 12.2. The van der Waals surface area contributed by atoms with Crippen molar-refractivity contribution in [3.8, 4) is 0 Å². The van der Waals surface area contributed by atoms with Crippen molar-refractivity contribution in [2.24, 2.45) is 0 Å². The Kier molecular flexibility index (Phi) is 3.77. The van der Waals surface area contributed by atoms with Crippen LogP contribution in [0.1, 0.15) is 28.7 Å². The number of pyridine rings is 1. The normalized spacial score (nSPS) is 10.6. The van der Waals surface area contributed by atoms with E-state index < -0.39 is 0 Å². The van der Waals surface area contributed by atoms with Gasteiger partial charge in [0.25, 0.3) is 0 Å². The summed E-state index contributed by atoms with van der Waals surface area (Å²) in [7, 11) is 0. The van der Waals surface area contributed by atoms with Crippen LogP contribution in [-0.2, 0) is 13.0 Å². The first-order chi connectivity index (χ1) is 8.61. The van der Waals surface area contributed by atoms with Crippen molar-refractivity contribution in [3.63, 3.8) is 0 Å². The second kappa shape index (κ2) is 5.31. The fourth-order valence-electron chi connectivity index (χ4n) is 1.82. The van der Waals surface area contributed by atoms with E-state index in [1.165, 1.54) is 0 Å². The molecule has 0 amide bonds. The molecule has 0 radical (unpaired) electrons. The van der Waals surface area contributed by atoms with Crippen molar-refractivity contribution >= 4 is 17.4 Å². The van der Waals surface area contributed by atoms with Gasteiger partial charge >= 0.3 is 0 Å². The van der Waals surface area contributed by atoms with Crippen LogP contribution >= 0.6 is 11.6 Å². The summed E-state index contributed by atoms with van der Waals surface area (Å²) >= 11 is 6.00. The highest BCUT2D eigenvalue weighted by atomic mass is 35.5. The zero-order chi connectivity index (χ0) is 13.1. The number of ketones is 1. The molecule has 2 aromatic heterocycles. The largest absolute Gasteiger partial charge is 0.292 e. The quantitative estimate of drug-likeness (QED) is 0.797. The van der Waals surface area contributed by atoms with Gasteiger partial charge in [-0.05, 0) is 31.5 Å². The van der Waals surface area contributed by atoms with Crippen LogP contribution in [0.5, 0.6) is 0 Å². The molecular weight excluding hydrogens is 250 g/mol. The summed E-state index contributed by atoms with van der Waals surface area (Å²) in [6.45, 7) is 4.52. The third-order valence-electron chi connectivity index (χ3n) is 2.69. The Morgan fingerprint density at radius 2 is 2.28 bits per heavy atom. The first kappa shape index (κ1) is 12.8. The molecule has 0 unspecified atom stereocenters. The molecule has 0 N–H and O–H groups in total. The van der Waals surface area contributed by atoms with E-state index in [0.717, 1.165) is 11.3 Å². The van der Waals surface area contributed by atoms with Gasteiger partial charge in [-0.25, -0.2) is 0 Å². The lowest BCUT2D eigenvalue weighted by atomic mass is 10.1. The molecule has 5 heteroatoms. The zero-order valence-corrected chi connectivity index (χ0v) is 11.1. The summed E-state index contributed by atoms with van der Waals surface area (Å²) in [5, 5.41) is 4.78. The maximum absolute atomic E-state index is 12.2. The standard InChI is InChI=1S/C13H14ClN3O/c1-3-17-12(6-9(2)16-17)13(18)7-10-4-5-15-8-11(10)14/h4-6,8H,3,7H2,1-2H3. The van der Waals surface area contributed by atoms with Gasteiger partial charge in [-0.15, -0.1) is 0 Å². The Morgan fingerprint density at radius 1 is 1.50 bits per heavy atom. The molecule has 0 atom stereocenters. The molecular formula is C13H14ClN3O. The molecule has 0 aliphatic carbocycles. The number of aryl methyl sites for hydroxylation is 2. The molecule has 0 saturated carbocycles.